The number of nitrogens with zero attached hydrogens (tertiary/aromatic N) is 2. The van der Waals surface area contributed by atoms with Crippen LogP contribution >= 0.6 is 0 Å². The van der Waals surface area contributed by atoms with Crippen molar-refractivity contribution in [2.45, 2.75) is 12.5 Å². The molecule has 1 unspecified atom stereocenters. The number of amides is 4. The lowest BCUT2D eigenvalue weighted by Gasteiger charge is -2.24. The average Bonchev–Trinajstić information content (AvgIpc) is 2.91. The maximum atomic E-state index is 13.2. The Morgan fingerprint density at radius 3 is 2.07 bits per heavy atom. The molecule has 0 aromatic heterocycles. The van der Waals surface area contributed by atoms with Crippen molar-refractivity contribution < 1.29 is 37.8 Å². The van der Waals surface area contributed by atoms with E-state index in [9.17, 15) is 28.4 Å². The van der Waals surface area contributed by atoms with Crippen LogP contribution in [0.1, 0.15) is 12.5 Å². The summed E-state index contributed by atoms with van der Waals surface area (Å²) in [7, 11) is 2.21. The van der Waals surface area contributed by atoms with Crippen LogP contribution < -0.4 is 5.32 Å². The molecule has 29 heavy (non-hydrogen) atoms. The number of hydrogen-bond acceptors (Lipinski definition) is 7. The van der Waals surface area contributed by atoms with E-state index in [0.717, 1.165) is 31.3 Å². The Bertz CT molecular complexity index is 824. The number of methoxy groups -OCH3 is 2. The van der Waals surface area contributed by atoms with Crippen LogP contribution in [0, 0.1) is 5.82 Å². The Balaban J connectivity index is 2.20. The summed E-state index contributed by atoms with van der Waals surface area (Å²) in [5, 5.41) is 2.48. The molecule has 2 rings (SSSR count). The zero-order valence-corrected chi connectivity index (χ0v) is 16.1. The molecule has 0 radical (unpaired) electrons. The number of hydrogen-bond donors (Lipinski definition) is 1. The summed E-state index contributed by atoms with van der Waals surface area (Å²) < 4.78 is 22.1. The van der Waals surface area contributed by atoms with E-state index in [1.807, 2.05) is 0 Å². The van der Waals surface area contributed by atoms with Crippen LogP contribution in [0.5, 0.6) is 0 Å². The van der Waals surface area contributed by atoms with Gasteiger partial charge in [0.25, 0.3) is 5.91 Å². The van der Waals surface area contributed by atoms with Gasteiger partial charge in [-0.1, -0.05) is 12.1 Å². The Hall–Kier alpha value is -3.50. The van der Waals surface area contributed by atoms with Crippen molar-refractivity contribution in [2.24, 2.45) is 0 Å². The molecule has 0 aliphatic carbocycles. The lowest BCUT2D eigenvalue weighted by Crippen LogP contribution is -2.47. The number of rotatable bonds is 7. The highest BCUT2D eigenvalue weighted by Crippen LogP contribution is 2.28. The summed E-state index contributed by atoms with van der Waals surface area (Å²) in [6.45, 7) is -0.423. The summed E-state index contributed by atoms with van der Waals surface area (Å²) in [4.78, 5) is 62.2. The zero-order chi connectivity index (χ0) is 21.8. The van der Waals surface area contributed by atoms with Crippen LogP contribution in [0.2, 0.25) is 0 Å². The fraction of sp³-hybridized carbons (Fsp3) is 0.389. The third kappa shape index (κ3) is 4.68. The van der Waals surface area contributed by atoms with Crippen LogP contribution in [0.3, 0.4) is 0 Å². The molecule has 0 bridgehead atoms. The average molecular weight is 409 g/mol. The van der Waals surface area contributed by atoms with Crippen molar-refractivity contribution in [1.82, 2.24) is 15.1 Å². The number of ether oxygens (including phenoxy) is 2. The monoisotopic (exact) mass is 409 g/mol. The largest absolute Gasteiger partial charge is 0.468 e. The standard InChI is InChI=1S/C18H20FN3O7/c1-18(11-4-6-12(19)7-5-11)16(26)22(17(27)20-18)8-13(23)21(9-14(24)28-2)10-15(25)29-3/h4-7H,8-10H2,1-3H3,(H,20,27). The Morgan fingerprint density at radius 2 is 1.59 bits per heavy atom. The lowest BCUT2D eigenvalue weighted by atomic mass is 9.92. The highest BCUT2D eigenvalue weighted by Gasteiger charge is 2.49. The van der Waals surface area contributed by atoms with Crippen molar-refractivity contribution in [1.29, 1.82) is 0 Å². The van der Waals surface area contributed by atoms with Gasteiger partial charge in [-0.3, -0.25) is 24.1 Å². The van der Waals surface area contributed by atoms with Gasteiger partial charge in [-0.2, -0.15) is 0 Å². The second-order valence-electron chi connectivity index (χ2n) is 6.36. The number of urea groups is 1. The maximum Gasteiger partial charge on any atom is 0.325 e. The molecule has 1 aliphatic heterocycles. The third-order valence-corrected chi connectivity index (χ3v) is 4.44. The molecule has 1 aromatic rings. The van der Waals surface area contributed by atoms with E-state index in [1.54, 1.807) is 0 Å². The van der Waals surface area contributed by atoms with Crippen LogP contribution in [-0.4, -0.2) is 73.4 Å². The molecule has 1 fully saturated rings. The number of halogens is 1. The lowest BCUT2D eigenvalue weighted by molar-refractivity contribution is -0.152. The van der Waals surface area contributed by atoms with E-state index in [-0.39, 0.29) is 0 Å². The van der Waals surface area contributed by atoms with Gasteiger partial charge in [0, 0.05) is 0 Å². The number of esters is 2. The summed E-state index contributed by atoms with van der Waals surface area (Å²) >= 11 is 0. The van der Waals surface area contributed by atoms with E-state index in [2.05, 4.69) is 14.8 Å². The van der Waals surface area contributed by atoms with Crippen LogP contribution in [0.25, 0.3) is 0 Å². The second-order valence-corrected chi connectivity index (χ2v) is 6.36. The number of carbonyl (C=O) groups is 5. The Morgan fingerprint density at radius 1 is 1.07 bits per heavy atom. The maximum absolute atomic E-state index is 13.2. The second kappa shape index (κ2) is 8.67. The van der Waals surface area contributed by atoms with Gasteiger partial charge in [0.1, 0.15) is 31.0 Å². The minimum absolute atomic E-state index is 0.327. The Labute approximate surface area is 165 Å². The third-order valence-electron chi connectivity index (χ3n) is 4.44. The molecule has 1 aliphatic rings. The van der Waals surface area contributed by atoms with E-state index in [0.29, 0.717) is 10.5 Å². The van der Waals surface area contributed by atoms with Gasteiger partial charge in [0.05, 0.1) is 14.2 Å². The first kappa shape index (κ1) is 21.8. The summed E-state index contributed by atoms with van der Waals surface area (Å²) in [5.41, 5.74) is -1.17. The summed E-state index contributed by atoms with van der Waals surface area (Å²) in [6, 6.07) is 4.13. The van der Waals surface area contributed by atoms with Gasteiger partial charge in [-0.15, -0.1) is 0 Å². The van der Waals surface area contributed by atoms with Gasteiger partial charge in [-0.05, 0) is 24.6 Å². The molecule has 0 spiro atoms. The summed E-state index contributed by atoms with van der Waals surface area (Å²) in [6.07, 6.45) is 0. The number of nitrogens with one attached hydrogen (secondary N) is 1. The van der Waals surface area contributed by atoms with E-state index >= 15 is 0 Å². The zero-order valence-electron chi connectivity index (χ0n) is 16.1. The van der Waals surface area contributed by atoms with Crippen molar-refractivity contribution in [3.05, 3.63) is 35.6 Å². The van der Waals surface area contributed by atoms with Crippen LogP contribution in [0.15, 0.2) is 24.3 Å². The molecule has 1 heterocycles. The van der Waals surface area contributed by atoms with Gasteiger partial charge in [0.15, 0.2) is 0 Å². The highest BCUT2D eigenvalue weighted by molar-refractivity contribution is 6.09. The number of imide groups is 1. The molecule has 1 N–H and O–H groups in total. The number of benzene rings is 1. The molecule has 1 saturated heterocycles. The molecular formula is C18H20FN3O7. The van der Waals surface area contributed by atoms with Crippen molar-refractivity contribution in [3.63, 3.8) is 0 Å². The predicted octanol–water partition coefficient (Wildman–Crippen LogP) is -0.233. The van der Waals surface area contributed by atoms with Gasteiger partial charge < -0.3 is 19.7 Å². The molecule has 11 heteroatoms. The molecule has 4 amide bonds. The van der Waals surface area contributed by atoms with Crippen LogP contribution in [-0.2, 0) is 34.2 Å². The molecule has 10 nitrogen and oxygen atoms in total. The smallest absolute Gasteiger partial charge is 0.325 e. The van der Waals surface area contributed by atoms with E-state index < -0.39 is 60.8 Å². The normalized spacial score (nSPS) is 18.3. The SMILES string of the molecule is COC(=O)CN(CC(=O)OC)C(=O)CN1C(=O)NC(C)(c2ccc(F)cc2)C1=O. The van der Waals surface area contributed by atoms with Gasteiger partial charge >= 0.3 is 18.0 Å². The van der Waals surface area contributed by atoms with Gasteiger partial charge in [0.2, 0.25) is 5.91 Å². The Kier molecular flexibility index (Phi) is 6.52. The number of carbonyl (C=O) groups excluding carboxylic acids is 5. The van der Waals surface area contributed by atoms with Crippen molar-refractivity contribution in [2.75, 3.05) is 33.9 Å². The minimum Gasteiger partial charge on any atom is -0.468 e. The van der Waals surface area contributed by atoms with E-state index in [4.69, 9.17) is 0 Å². The molecule has 156 valence electrons. The first-order valence-corrected chi connectivity index (χ1v) is 8.44. The highest BCUT2D eigenvalue weighted by atomic mass is 19.1. The van der Waals surface area contributed by atoms with Crippen LogP contribution in [0.4, 0.5) is 9.18 Å². The summed E-state index contributed by atoms with van der Waals surface area (Å²) in [5.74, 6) is -3.68. The predicted molar refractivity (Wildman–Crippen MR) is 94.6 cm³/mol. The van der Waals surface area contributed by atoms with Crippen molar-refractivity contribution >= 4 is 29.8 Å². The topological polar surface area (TPSA) is 122 Å². The molecular weight excluding hydrogens is 389 g/mol. The van der Waals surface area contributed by atoms with Crippen molar-refractivity contribution in [3.8, 4) is 0 Å². The first-order valence-electron chi connectivity index (χ1n) is 8.44. The minimum atomic E-state index is -1.50. The fourth-order valence-corrected chi connectivity index (χ4v) is 2.73. The first-order chi connectivity index (χ1) is 13.6. The molecule has 1 atom stereocenters. The molecule has 0 saturated carbocycles. The fourth-order valence-electron chi connectivity index (χ4n) is 2.73. The molecule has 1 aromatic carbocycles. The van der Waals surface area contributed by atoms with Gasteiger partial charge in [-0.25, -0.2) is 9.18 Å². The van der Waals surface area contributed by atoms with E-state index in [1.165, 1.54) is 19.1 Å². The quantitative estimate of drug-likeness (QED) is 0.487.